The number of tetrazole rings is 1. The predicted molar refractivity (Wildman–Crippen MR) is 103 cm³/mol. The van der Waals surface area contributed by atoms with Crippen LogP contribution in [0.3, 0.4) is 0 Å². The van der Waals surface area contributed by atoms with Crippen molar-refractivity contribution in [3.05, 3.63) is 65.2 Å². The highest BCUT2D eigenvalue weighted by Crippen LogP contribution is 2.21. The molecule has 1 heterocycles. The lowest BCUT2D eigenvalue weighted by Gasteiger charge is -2.17. The Hall–Kier alpha value is -2.38. The molecular formula is C18H18ClN5OS. The molecule has 8 heteroatoms. The molecule has 0 aliphatic carbocycles. The van der Waals surface area contributed by atoms with Gasteiger partial charge < -0.3 is 5.32 Å². The summed E-state index contributed by atoms with van der Waals surface area (Å²) in [5, 5.41) is 16.0. The lowest BCUT2D eigenvalue weighted by molar-refractivity contribution is -0.119. The Morgan fingerprint density at radius 3 is 2.62 bits per heavy atom. The third-order valence-electron chi connectivity index (χ3n) is 3.79. The predicted octanol–water partition coefficient (Wildman–Crippen LogP) is 3.68. The molecule has 0 aliphatic heterocycles. The fourth-order valence-electron chi connectivity index (χ4n) is 2.48. The molecule has 0 spiro atoms. The minimum absolute atomic E-state index is 0.0505. The Balaban J connectivity index is 1.61. The van der Waals surface area contributed by atoms with Crippen molar-refractivity contribution in [1.82, 2.24) is 25.5 Å². The second kappa shape index (κ2) is 8.82. The van der Waals surface area contributed by atoms with Gasteiger partial charge in [0, 0.05) is 5.02 Å². The Morgan fingerprint density at radius 1 is 1.19 bits per heavy atom. The highest BCUT2D eigenvalue weighted by atomic mass is 35.5. The smallest absolute Gasteiger partial charge is 0.230 e. The van der Waals surface area contributed by atoms with Crippen molar-refractivity contribution in [2.75, 3.05) is 5.75 Å². The number of hydrogen-bond donors (Lipinski definition) is 1. The number of rotatable bonds is 7. The van der Waals surface area contributed by atoms with Crippen LogP contribution in [0.5, 0.6) is 0 Å². The zero-order valence-electron chi connectivity index (χ0n) is 14.2. The van der Waals surface area contributed by atoms with E-state index in [1.807, 2.05) is 61.5 Å². The van der Waals surface area contributed by atoms with Gasteiger partial charge in [-0.25, -0.2) is 0 Å². The van der Waals surface area contributed by atoms with Gasteiger partial charge in [-0.3, -0.25) is 4.79 Å². The lowest BCUT2D eigenvalue weighted by Crippen LogP contribution is -2.29. The number of nitrogens with one attached hydrogen (secondary N) is 1. The Bertz CT molecular complexity index is 854. The number of halogens is 1. The molecule has 2 aromatic carbocycles. The maximum Gasteiger partial charge on any atom is 0.230 e. The zero-order chi connectivity index (χ0) is 18.4. The van der Waals surface area contributed by atoms with Crippen molar-refractivity contribution in [1.29, 1.82) is 0 Å². The maximum atomic E-state index is 12.4. The van der Waals surface area contributed by atoms with Gasteiger partial charge in [0.05, 0.1) is 17.5 Å². The summed E-state index contributed by atoms with van der Waals surface area (Å²) in [6.07, 6.45) is 0.791. The minimum atomic E-state index is -0.0700. The van der Waals surface area contributed by atoms with Crippen molar-refractivity contribution in [2.24, 2.45) is 0 Å². The SMILES string of the molecule is CCC(NC(=O)CSc1nnnn1-c1ccccc1)c1ccc(Cl)cc1. The standard InChI is InChI=1S/C18H18ClN5OS/c1-2-16(13-8-10-14(19)11-9-13)20-17(25)12-26-18-21-22-23-24(18)15-6-4-3-5-7-15/h3-11,16H,2,12H2,1H3,(H,20,25). The van der Waals surface area contributed by atoms with Crippen LogP contribution < -0.4 is 5.32 Å². The molecule has 1 unspecified atom stereocenters. The summed E-state index contributed by atoms with van der Waals surface area (Å²) in [5.74, 6) is 0.163. The third-order valence-corrected chi connectivity index (χ3v) is 4.96. The Morgan fingerprint density at radius 2 is 1.92 bits per heavy atom. The quantitative estimate of drug-likeness (QED) is 0.626. The number of carbonyl (C=O) groups is 1. The number of hydrogen-bond acceptors (Lipinski definition) is 5. The highest BCUT2D eigenvalue weighted by Gasteiger charge is 2.15. The van der Waals surface area contributed by atoms with Crippen LogP contribution in [0, 0.1) is 0 Å². The number of amides is 1. The van der Waals surface area contributed by atoms with Crippen molar-refractivity contribution >= 4 is 29.3 Å². The molecule has 26 heavy (non-hydrogen) atoms. The molecule has 1 amide bonds. The topological polar surface area (TPSA) is 72.7 Å². The molecule has 0 saturated heterocycles. The first-order valence-electron chi connectivity index (χ1n) is 8.19. The van der Waals surface area contributed by atoms with E-state index in [0.717, 1.165) is 17.7 Å². The van der Waals surface area contributed by atoms with Gasteiger partial charge in [0.2, 0.25) is 11.1 Å². The van der Waals surface area contributed by atoms with Crippen LogP contribution in [0.25, 0.3) is 5.69 Å². The maximum absolute atomic E-state index is 12.4. The number of benzene rings is 2. The Kier molecular flexibility index (Phi) is 6.25. The van der Waals surface area contributed by atoms with Gasteiger partial charge in [-0.1, -0.05) is 60.6 Å². The van der Waals surface area contributed by atoms with E-state index < -0.39 is 0 Å². The van der Waals surface area contributed by atoms with Gasteiger partial charge in [-0.2, -0.15) is 4.68 Å². The van der Waals surface area contributed by atoms with E-state index in [-0.39, 0.29) is 17.7 Å². The van der Waals surface area contributed by atoms with E-state index in [4.69, 9.17) is 11.6 Å². The Labute approximate surface area is 160 Å². The van der Waals surface area contributed by atoms with Gasteiger partial charge in [0.25, 0.3) is 0 Å². The number of thioether (sulfide) groups is 1. The summed E-state index contributed by atoms with van der Waals surface area (Å²) in [5.41, 5.74) is 1.89. The monoisotopic (exact) mass is 387 g/mol. The molecule has 6 nitrogen and oxygen atoms in total. The van der Waals surface area contributed by atoms with Gasteiger partial charge >= 0.3 is 0 Å². The van der Waals surface area contributed by atoms with Crippen LogP contribution in [0.2, 0.25) is 5.02 Å². The van der Waals surface area contributed by atoms with Crippen LogP contribution in [-0.2, 0) is 4.79 Å². The number of para-hydroxylation sites is 1. The van der Waals surface area contributed by atoms with E-state index in [9.17, 15) is 4.79 Å². The van der Waals surface area contributed by atoms with E-state index >= 15 is 0 Å². The second-order valence-electron chi connectivity index (χ2n) is 5.58. The van der Waals surface area contributed by atoms with Crippen LogP contribution >= 0.6 is 23.4 Å². The first-order chi connectivity index (χ1) is 12.7. The zero-order valence-corrected chi connectivity index (χ0v) is 15.7. The molecule has 0 saturated carbocycles. The molecule has 3 rings (SSSR count). The van der Waals surface area contributed by atoms with Crippen LogP contribution in [-0.4, -0.2) is 31.9 Å². The average Bonchev–Trinajstić information content (AvgIpc) is 3.14. The molecule has 3 aromatic rings. The molecule has 0 radical (unpaired) electrons. The molecule has 0 bridgehead atoms. The molecule has 1 N–H and O–H groups in total. The first kappa shape index (κ1) is 18.4. The second-order valence-corrected chi connectivity index (χ2v) is 6.96. The van der Waals surface area contributed by atoms with Crippen LogP contribution in [0.4, 0.5) is 0 Å². The molecular weight excluding hydrogens is 370 g/mol. The van der Waals surface area contributed by atoms with Crippen LogP contribution in [0.15, 0.2) is 59.8 Å². The summed E-state index contributed by atoms with van der Waals surface area (Å²) in [6.45, 7) is 2.03. The van der Waals surface area contributed by atoms with Crippen molar-refractivity contribution in [3.63, 3.8) is 0 Å². The highest BCUT2D eigenvalue weighted by molar-refractivity contribution is 7.99. The third kappa shape index (κ3) is 4.62. The van der Waals surface area contributed by atoms with Gasteiger partial charge in [0.15, 0.2) is 0 Å². The van der Waals surface area contributed by atoms with E-state index in [0.29, 0.717) is 10.2 Å². The first-order valence-corrected chi connectivity index (χ1v) is 9.55. The summed E-state index contributed by atoms with van der Waals surface area (Å²) >= 11 is 7.23. The van der Waals surface area contributed by atoms with Crippen LogP contribution in [0.1, 0.15) is 24.9 Å². The largest absolute Gasteiger partial charge is 0.349 e. The fraction of sp³-hybridized carbons (Fsp3) is 0.222. The summed E-state index contributed by atoms with van der Waals surface area (Å²) in [4.78, 5) is 12.4. The van der Waals surface area contributed by atoms with E-state index in [1.165, 1.54) is 11.8 Å². The molecule has 0 fully saturated rings. The lowest BCUT2D eigenvalue weighted by atomic mass is 10.0. The van der Waals surface area contributed by atoms with E-state index in [2.05, 4.69) is 20.8 Å². The van der Waals surface area contributed by atoms with Gasteiger partial charge in [0.1, 0.15) is 0 Å². The minimum Gasteiger partial charge on any atom is -0.349 e. The van der Waals surface area contributed by atoms with E-state index in [1.54, 1.807) is 4.68 Å². The van der Waals surface area contributed by atoms with Crippen molar-refractivity contribution < 1.29 is 4.79 Å². The summed E-state index contributed by atoms with van der Waals surface area (Å²) in [6, 6.07) is 17.0. The summed E-state index contributed by atoms with van der Waals surface area (Å²) in [7, 11) is 0. The average molecular weight is 388 g/mol. The van der Waals surface area contributed by atoms with Crippen molar-refractivity contribution in [2.45, 2.75) is 24.5 Å². The number of aromatic nitrogens is 4. The van der Waals surface area contributed by atoms with Crippen molar-refractivity contribution in [3.8, 4) is 5.69 Å². The normalized spacial score (nSPS) is 11.9. The van der Waals surface area contributed by atoms with Gasteiger partial charge in [-0.15, -0.1) is 5.10 Å². The summed E-state index contributed by atoms with van der Waals surface area (Å²) < 4.78 is 1.62. The number of carbonyl (C=O) groups excluding carboxylic acids is 1. The molecule has 1 atom stereocenters. The molecule has 0 aliphatic rings. The molecule has 1 aromatic heterocycles. The molecule has 134 valence electrons. The van der Waals surface area contributed by atoms with Gasteiger partial charge in [-0.05, 0) is 46.7 Å². The fourth-order valence-corrected chi connectivity index (χ4v) is 3.31. The number of nitrogens with zero attached hydrogens (tertiary/aromatic N) is 4.